The number of carbonyl (C=O) groups excluding carboxylic acids is 2. The van der Waals surface area contributed by atoms with Crippen LogP contribution in [0, 0.1) is 0 Å². The van der Waals surface area contributed by atoms with Crippen LogP contribution in [-0.4, -0.2) is 50.5 Å². The lowest BCUT2D eigenvalue weighted by molar-refractivity contribution is -0.139. The molecule has 7 nitrogen and oxygen atoms in total. The number of amides is 2. The van der Waals surface area contributed by atoms with Gasteiger partial charge in [-0.2, -0.15) is 0 Å². The van der Waals surface area contributed by atoms with Gasteiger partial charge in [-0.15, -0.1) is 0 Å². The van der Waals surface area contributed by atoms with Gasteiger partial charge in [-0.1, -0.05) is 54.4 Å². The number of nitrogens with one attached hydrogen (secondary N) is 1. The molecule has 2 aromatic rings. The van der Waals surface area contributed by atoms with Crippen LogP contribution in [0.1, 0.15) is 25.8 Å². The van der Waals surface area contributed by atoms with Gasteiger partial charge in [0.15, 0.2) is 0 Å². The number of para-hydroxylation sites is 1. The fourth-order valence-corrected chi connectivity index (χ4v) is 4.29. The van der Waals surface area contributed by atoms with Gasteiger partial charge in [-0.25, -0.2) is 8.42 Å². The molecule has 2 rings (SSSR count). The molecule has 2 amide bonds. The molecule has 10 heteroatoms. The number of rotatable bonds is 10. The Bertz CT molecular complexity index is 1050. The zero-order valence-corrected chi connectivity index (χ0v) is 20.5. The summed E-state index contributed by atoms with van der Waals surface area (Å²) in [6, 6.07) is 12.4. The summed E-state index contributed by atoms with van der Waals surface area (Å²) in [5.41, 5.74) is 0.945. The van der Waals surface area contributed by atoms with Crippen LogP contribution < -0.4 is 9.62 Å². The Morgan fingerprint density at radius 3 is 2.25 bits per heavy atom. The minimum Gasteiger partial charge on any atom is -0.354 e. The lowest BCUT2D eigenvalue weighted by Gasteiger charge is -2.31. The zero-order valence-electron chi connectivity index (χ0n) is 18.2. The number of hydrogen-bond acceptors (Lipinski definition) is 4. The van der Waals surface area contributed by atoms with Crippen molar-refractivity contribution in [3.8, 4) is 0 Å². The first-order valence-corrected chi connectivity index (χ1v) is 12.7. The van der Waals surface area contributed by atoms with Gasteiger partial charge in [-0.3, -0.25) is 13.9 Å². The predicted octanol–water partition coefficient (Wildman–Crippen LogP) is 3.70. The number of halogens is 2. The topological polar surface area (TPSA) is 86.8 Å². The van der Waals surface area contributed by atoms with Crippen LogP contribution in [0.15, 0.2) is 48.5 Å². The third-order valence-electron chi connectivity index (χ3n) is 4.78. The maximum atomic E-state index is 13.3. The van der Waals surface area contributed by atoms with Crippen LogP contribution in [0.2, 0.25) is 10.0 Å². The normalized spacial score (nSPS) is 12.2. The average Bonchev–Trinajstić information content (AvgIpc) is 2.74. The van der Waals surface area contributed by atoms with E-state index in [1.165, 1.54) is 11.0 Å². The lowest BCUT2D eigenvalue weighted by atomic mass is 10.1. The molecule has 174 valence electrons. The molecule has 0 aliphatic rings. The van der Waals surface area contributed by atoms with Crippen molar-refractivity contribution in [2.75, 3.05) is 23.7 Å². The fourth-order valence-electron chi connectivity index (χ4n) is 3.01. The highest BCUT2D eigenvalue weighted by Gasteiger charge is 2.30. The van der Waals surface area contributed by atoms with Crippen LogP contribution >= 0.6 is 23.2 Å². The zero-order chi connectivity index (χ0) is 23.9. The Morgan fingerprint density at radius 2 is 1.69 bits per heavy atom. The average molecular weight is 500 g/mol. The van der Waals surface area contributed by atoms with Gasteiger partial charge in [0.2, 0.25) is 21.8 Å². The SMILES string of the molecule is CCCNC(=O)[C@@H](C)N(Cc1ccc(Cl)cc1)C(=O)CN(c1ccccc1Cl)S(C)(=O)=O. The van der Waals surface area contributed by atoms with Crippen LogP contribution in [0.25, 0.3) is 0 Å². The maximum absolute atomic E-state index is 13.3. The van der Waals surface area contributed by atoms with Crippen molar-refractivity contribution in [1.82, 2.24) is 10.2 Å². The quantitative estimate of drug-likeness (QED) is 0.539. The predicted molar refractivity (Wildman–Crippen MR) is 128 cm³/mol. The molecule has 2 aromatic carbocycles. The number of nitrogens with zero attached hydrogens (tertiary/aromatic N) is 2. The van der Waals surface area contributed by atoms with Gasteiger partial charge in [0.25, 0.3) is 0 Å². The number of carbonyl (C=O) groups is 2. The van der Waals surface area contributed by atoms with Crippen molar-refractivity contribution in [3.05, 3.63) is 64.1 Å². The van der Waals surface area contributed by atoms with E-state index in [4.69, 9.17) is 23.2 Å². The number of sulfonamides is 1. The third kappa shape index (κ3) is 7.12. The number of hydrogen-bond donors (Lipinski definition) is 1. The van der Waals surface area contributed by atoms with Gasteiger partial charge >= 0.3 is 0 Å². The van der Waals surface area contributed by atoms with E-state index in [0.717, 1.165) is 22.5 Å². The Morgan fingerprint density at radius 1 is 1.06 bits per heavy atom. The first-order chi connectivity index (χ1) is 15.0. The van der Waals surface area contributed by atoms with Crippen molar-refractivity contribution in [2.45, 2.75) is 32.9 Å². The van der Waals surface area contributed by atoms with Crippen molar-refractivity contribution in [1.29, 1.82) is 0 Å². The summed E-state index contributed by atoms with van der Waals surface area (Å²) in [6.45, 7) is 3.62. The minimum absolute atomic E-state index is 0.108. The van der Waals surface area contributed by atoms with E-state index < -0.39 is 28.5 Å². The lowest BCUT2D eigenvalue weighted by Crippen LogP contribution is -2.51. The molecule has 0 heterocycles. The van der Waals surface area contributed by atoms with E-state index in [1.807, 2.05) is 6.92 Å². The molecule has 0 radical (unpaired) electrons. The van der Waals surface area contributed by atoms with Crippen LogP contribution in [-0.2, 0) is 26.2 Å². The molecule has 0 saturated heterocycles. The Balaban J connectivity index is 2.37. The summed E-state index contributed by atoms with van der Waals surface area (Å²) >= 11 is 12.1. The van der Waals surface area contributed by atoms with Crippen molar-refractivity contribution in [2.24, 2.45) is 0 Å². The molecule has 0 unspecified atom stereocenters. The van der Waals surface area contributed by atoms with Crippen LogP contribution in [0.3, 0.4) is 0 Å². The van der Waals surface area contributed by atoms with E-state index in [1.54, 1.807) is 49.4 Å². The monoisotopic (exact) mass is 499 g/mol. The minimum atomic E-state index is -3.82. The summed E-state index contributed by atoms with van der Waals surface area (Å²) in [6.07, 6.45) is 1.75. The second-order valence-corrected chi connectivity index (χ2v) is 10.1. The summed E-state index contributed by atoms with van der Waals surface area (Å²) in [5, 5.41) is 3.52. The molecule has 0 aromatic heterocycles. The van der Waals surface area contributed by atoms with Gasteiger partial charge in [0.05, 0.1) is 17.0 Å². The third-order valence-corrected chi connectivity index (χ3v) is 6.48. The second-order valence-electron chi connectivity index (χ2n) is 7.34. The van der Waals surface area contributed by atoms with Gasteiger partial charge in [0, 0.05) is 18.1 Å². The first kappa shape index (κ1) is 26.0. The van der Waals surface area contributed by atoms with E-state index in [-0.39, 0.29) is 23.2 Å². The standard InChI is InChI=1S/C22H27Cl2N3O4S/c1-4-13-25-22(29)16(2)26(14-17-9-11-18(23)12-10-17)21(28)15-27(32(3,30)31)20-8-6-5-7-19(20)24/h5-12,16H,4,13-15H2,1-3H3,(H,25,29)/t16-/m1/s1. The molecule has 0 fully saturated rings. The number of anilines is 1. The number of benzene rings is 2. The molecular formula is C22H27Cl2N3O4S. The molecule has 32 heavy (non-hydrogen) atoms. The molecule has 0 spiro atoms. The Labute approximate surface area is 199 Å². The Hall–Kier alpha value is -2.29. The molecule has 0 aliphatic carbocycles. The van der Waals surface area contributed by atoms with E-state index in [0.29, 0.717) is 11.6 Å². The molecular weight excluding hydrogens is 473 g/mol. The van der Waals surface area contributed by atoms with Crippen molar-refractivity contribution in [3.63, 3.8) is 0 Å². The Kier molecular flexibility index (Phi) is 9.36. The summed E-state index contributed by atoms with van der Waals surface area (Å²) in [7, 11) is -3.82. The van der Waals surface area contributed by atoms with Gasteiger partial charge < -0.3 is 10.2 Å². The van der Waals surface area contributed by atoms with E-state index in [2.05, 4.69) is 5.32 Å². The summed E-state index contributed by atoms with van der Waals surface area (Å²) in [4.78, 5) is 27.3. The second kappa shape index (κ2) is 11.5. The smallest absolute Gasteiger partial charge is 0.244 e. The molecule has 0 bridgehead atoms. The highest BCUT2D eigenvalue weighted by Crippen LogP contribution is 2.27. The van der Waals surface area contributed by atoms with E-state index in [9.17, 15) is 18.0 Å². The van der Waals surface area contributed by atoms with E-state index >= 15 is 0 Å². The van der Waals surface area contributed by atoms with Crippen molar-refractivity contribution >= 4 is 50.7 Å². The van der Waals surface area contributed by atoms with Crippen LogP contribution in [0.5, 0.6) is 0 Å². The molecule has 1 N–H and O–H groups in total. The molecule has 0 aliphatic heterocycles. The fraction of sp³-hybridized carbons (Fsp3) is 0.364. The van der Waals surface area contributed by atoms with Gasteiger partial charge in [-0.05, 0) is 43.2 Å². The van der Waals surface area contributed by atoms with Crippen LogP contribution in [0.4, 0.5) is 5.69 Å². The van der Waals surface area contributed by atoms with Gasteiger partial charge in [0.1, 0.15) is 12.6 Å². The largest absolute Gasteiger partial charge is 0.354 e. The molecule has 1 atom stereocenters. The highest BCUT2D eigenvalue weighted by atomic mass is 35.5. The first-order valence-electron chi connectivity index (χ1n) is 10.1. The maximum Gasteiger partial charge on any atom is 0.244 e. The summed E-state index contributed by atoms with van der Waals surface area (Å²) in [5.74, 6) is -0.859. The summed E-state index contributed by atoms with van der Waals surface area (Å²) < 4.78 is 25.9. The highest BCUT2D eigenvalue weighted by molar-refractivity contribution is 7.92. The van der Waals surface area contributed by atoms with Crippen molar-refractivity contribution < 1.29 is 18.0 Å². The molecule has 0 saturated carbocycles.